The summed E-state index contributed by atoms with van der Waals surface area (Å²) >= 11 is 5.85. The van der Waals surface area contributed by atoms with Crippen LogP contribution in [0.2, 0.25) is 5.02 Å². The summed E-state index contributed by atoms with van der Waals surface area (Å²) in [6.07, 6.45) is 2.27. The maximum Gasteiger partial charge on any atom is 0.271 e. The molecule has 0 radical (unpaired) electrons. The molecular weight excluding hydrogens is 238 g/mol. The molecule has 1 heterocycles. The summed E-state index contributed by atoms with van der Waals surface area (Å²) in [4.78, 5) is 17.7. The second-order valence-corrected chi connectivity index (χ2v) is 3.95. The van der Waals surface area contributed by atoms with Crippen LogP contribution in [0, 0.1) is 0 Å². The Morgan fingerprint density at radius 1 is 1.47 bits per heavy atom. The lowest BCUT2D eigenvalue weighted by Gasteiger charge is -2.07. The van der Waals surface area contributed by atoms with Gasteiger partial charge in [0.15, 0.2) is 5.82 Å². The zero-order valence-electron chi connectivity index (χ0n) is 9.33. The molecule has 5 heteroatoms. The number of aromatic amines is 1. The Morgan fingerprint density at radius 3 is 3.06 bits per heavy atom. The maximum absolute atomic E-state index is 11.3. The van der Waals surface area contributed by atoms with E-state index >= 15 is 0 Å². The zero-order valence-corrected chi connectivity index (χ0v) is 10.1. The molecule has 0 spiro atoms. The topological polar surface area (TPSA) is 57.8 Å². The van der Waals surface area contributed by atoms with Gasteiger partial charge in [0.25, 0.3) is 5.56 Å². The fourth-order valence-corrected chi connectivity index (χ4v) is 1.63. The van der Waals surface area contributed by atoms with Crippen molar-refractivity contribution in [2.45, 2.75) is 13.3 Å². The van der Waals surface area contributed by atoms with Gasteiger partial charge in [0.2, 0.25) is 0 Å². The SMILES string of the molecule is CCc1cccc(Nc2nc[nH]c(=O)c2Cl)c1. The van der Waals surface area contributed by atoms with E-state index in [-0.39, 0.29) is 10.6 Å². The van der Waals surface area contributed by atoms with E-state index in [1.54, 1.807) is 0 Å². The van der Waals surface area contributed by atoms with Crippen LogP contribution in [-0.4, -0.2) is 9.97 Å². The number of halogens is 1. The minimum atomic E-state index is -0.351. The molecule has 1 aromatic heterocycles. The van der Waals surface area contributed by atoms with E-state index in [0.29, 0.717) is 5.82 Å². The van der Waals surface area contributed by atoms with Crippen molar-refractivity contribution in [2.24, 2.45) is 0 Å². The van der Waals surface area contributed by atoms with Crippen molar-refractivity contribution in [3.63, 3.8) is 0 Å². The average Bonchev–Trinajstić information content (AvgIpc) is 2.35. The summed E-state index contributed by atoms with van der Waals surface area (Å²) in [6, 6.07) is 7.89. The lowest BCUT2D eigenvalue weighted by Crippen LogP contribution is -2.09. The van der Waals surface area contributed by atoms with Crippen LogP contribution in [0.4, 0.5) is 11.5 Å². The molecule has 0 atom stereocenters. The lowest BCUT2D eigenvalue weighted by molar-refractivity contribution is 1.11. The van der Waals surface area contributed by atoms with E-state index in [9.17, 15) is 4.79 Å². The molecule has 0 aliphatic rings. The Kier molecular flexibility index (Phi) is 3.44. The molecule has 0 saturated carbocycles. The largest absolute Gasteiger partial charge is 0.339 e. The quantitative estimate of drug-likeness (QED) is 0.879. The number of hydrogen-bond donors (Lipinski definition) is 2. The summed E-state index contributed by atoms with van der Waals surface area (Å²) in [5, 5.41) is 3.09. The van der Waals surface area contributed by atoms with Gasteiger partial charge in [-0.3, -0.25) is 4.79 Å². The Morgan fingerprint density at radius 2 is 2.29 bits per heavy atom. The Balaban J connectivity index is 2.31. The van der Waals surface area contributed by atoms with Crippen molar-refractivity contribution in [3.8, 4) is 0 Å². The molecule has 4 nitrogen and oxygen atoms in total. The highest BCUT2D eigenvalue weighted by Gasteiger charge is 2.05. The first-order chi connectivity index (χ1) is 8.20. The second-order valence-electron chi connectivity index (χ2n) is 3.57. The van der Waals surface area contributed by atoms with Crippen LogP contribution in [0.1, 0.15) is 12.5 Å². The monoisotopic (exact) mass is 249 g/mol. The van der Waals surface area contributed by atoms with Crippen molar-refractivity contribution >= 4 is 23.1 Å². The predicted molar refractivity (Wildman–Crippen MR) is 69.0 cm³/mol. The van der Waals surface area contributed by atoms with Gasteiger partial charge >= 0.3 is 0 Å². The molecule has 0 saturated heterocycles. The van der Waals surface area contributed by atoms with Crippen molar-refractivity contribution < 1.29 is 0 Å². The molecule has 0 bridgehead atoms. The summed E-state index contributed by atoms with van der Waals surface area (Å²) < 4.78 is 0. The predicted octanol–water partition coefficient (Wildman–Crippen LogP) is 2.73. The van der Waals surface area contributed by atoms with Crippen molar-refractivity contribution in [1.29, 1.82) is 0 Å². The molecule has 2 N–H and O–H groups in total. The number of aromatic nitrogens is 2. The number of nitrogens with one attached hydrogen (secondary N) is 2. The zero-order chi connectivity index (χ0) is 12.3. The Labute approximate surface area is 104 Å². The molecule has 1 aromatic carbocycles. The maximum atomic E-state index is 11.3. The third-order valence-corrected chi connectivity index (χ3v) is 2.75. The first-order valence-electron chi connectivity index (χ1n) is 5.30. The fraction of sp³-hybridized carbons (Fsp3) is 0.167. The van der Waals surface area contributed by atoms with Crippen LogP contribution in [0.3, 0.4) is 0 Å². The van der Waals surface area contributed by atoms with E-state index in [0.717, 1.165) is 12.1 Å². The van der Waals surface area contributed by atoms with E-state index < -0.39 is 0 Å². The van der Waals surface area contributed by atoms with Crippen molar-refractivity contribution in [1.82, 2.24) is 9.97 Å². The molecule has 2 rings (SSSR count). The second kappa shape index (κ2) is 5.01. The molecular formula is C12H12ClN3O. The van der Waals surface area contributed by atoms with E-state index in [2.05, 4.69) is 22.2 Å². The molecule has 0 amide bonds. The van der Waals surface area contributed by atoms with Crippen LogP contribution in [-0.2, 0) is 6.42 Å². The number of nitrogens with zero attached hydrogens (tertiary/aromatic N) is 1. The summed E-state index contributed by atoms with van der Waals surface area (Å²) in [5.41, 5.74) is 1.72. The Hall–Kier alpha value is -1.81. The van der Waals surface area contributed by atoms with Crippen molar-refractivity contribution in [2.75, 3.05) is 5.32 Å². The highest BCUT2D eigenvalue weighted by molar-refractivity contribution is 6.32. The highest BCUT2D eigenvalue weighted by atomic mass is 35.5. The van der Waals surface area contributed by atoms with Gasteiger partial charge in [-0.15, -0.1) is 0 Å². The molecule has 0 aliphatic heterocycles. The Bertz CT molecular complexity index is 580. The number of hydrogen-bond acceptors (Lipinski definition) is 3. The third-order valence-electron chi connectivity index (χ3n) is 2.39. The minimum Gasteiger partial charge on any atom is -0.339 e. The van der Waals surface area contributed by atoms with Gasteiger partial charge in [-0.2, -0.15) is 0 Å². The van der Waals surface area contributed by atoms with Crippen LogP contribution in [0.5, 0.6) is 0 Å². The summed E-state index contributed by atoms with van der Waals surface area (Å²) in [7, 11) is 0. The number of anilines is 2. The van der Waals surface area contributed by atoms with Crippen LogP contribution in [0.15, 0.2) is 35.4 Å². The van der Waals surface area contributed by atoms with Crippen LogP contribution >= 0.6 is 11.6 Å². The van der Waals surface area contributed by atoms with Gasteiger partial charge in [-0.25, -0.2) is 4.98 Å². The average molecular weight is 250 g/mol. The van der Waals surface area contributed by atoms with E-state index in [4.69, 9.17) is 11.6 Å². The molecule has 0 aliphatic carbocycles. The molecule has 0 fully saturated rings. The lowest BCUT2D eigenvalue weighted by atomic mass is 10.1. The fourth-order valence-electron chi connectivity index (χ4n) is 1.48. The number of H-pyrrole nitrogens is 1. The third kappa shape index (κ3) is 2.65. The number of benzene rings is 1. The standard InChI is InChI=1S/C12H12ClN3O/c1-2-8-4-3-5-9(6-8)16-11-10(13)12(17)15-7-14-11/h3-7H,2H2,1H3,(H2,14,15,16,17). The van der Waals surface area contributed by atoms with Gasteiger partial charge in [0.1, 0.15) is 5.02 Å². The molecule has 2 aromatic rings. The van der Waals surface area contributed by atoms with Gasteiger partial charge in [-0.05, 0) is 24.1 Å². The van der Waals surface area contributed by atoms with Gasteiger partial charge in [-0.1, -0.05) is 30.7 Å². The summed E-state index contributed by atoms with van der Waals surface area (Å²) in [5.74, 6) is 0.365. The van der Waals surface area contributed by atoms with Gasteiger partial charge < -0.3 is 10.3 Å². The normalized spacial score (nSPS) is 10.2. The molecule has 17 heavy (non-hydrogen) atoms. The van der Waals surface area contributed by atoms with Crippen LogP contribution in [0.25, 0.3) is 0 Å². The highest BCUT2D eigenvalue weighted by Crippen LogP contribution is 2.20. The smallest absolute Gasteiger partial charge is 0.271 e. The van der Waals surface area contributed by atoms with E-state index in [1.807, 2.05) is 24.3 Å². The number of rotatable bonds is 3. The van der Waals surface area contributed by atoms with E-state index in [1.165, 1.54) is 11.9 Å². The first kappa shape index (κ1) is 11.7. The summed E-state index contributed by atoms with van der Waals surface area (Å²) in [6.45, 7) is 2.08. The number of aryl methyl sites for hydroxylation is 1. The minimum absolute atomic E-state index is 0.0643. The molecule has 88 valence electrons. The van der Waals surface area contributed by atoms with Crippen molar-refractivity contribution in [3.05, 3.63) is 51.5 Å². The van der Waals surface area contributed by atoms with Gasteiger partial charge in [0, 0.05) is 5.69 Å². The molecule has 0 unspecified atom stereocenters. The first-order valence-corrected chi connectivity index (χ1v) is 5.67. The van der Waals surface area contributed by atoms with Crippen LogP contribution < -0.4 is 10.9 Å². The van der Waals surface area contributed by atoms with Gasteiger partial charge in [0.05, 0.1) is 6.33 Å².